The first-order valence-corrected chi connectivity index (χ1v) is 8.57. The van der Waals surface area contributed by atoms with Crippen LogP contribution in [0, 0.1) is 6.92 Å². The number of carbonyl (C=O) groups excluding carboxylic acids is 1. The molecule has 23 heavy (non-hydrogen) atoms. The number of hydrogen-bond donors (Lipinski definition) is 1. The lowest BCUT2D eigenvalue weighted by Gasteiger charge is -2.23. The maximum absolute atomic E-state index is 12.4. The van der Waals surface area contributed by atoms with E-state index in [1.807, 2.05) is 19.9 Å². The van der Waals surface area contributed by atoms with Crippen LogP contribution in [0.15, 0.2) is 18.2 Å². The summed E-state index contributed by atoms with van der Waals surface area (Å²) in [7, 11) is 0. The third-order valence-corrected chi connectivity index (χ3v) is 4.36. The second-order valence-corrected chi connectivity index (χ2v) is 6.80. The highest BCUT2D eigenvalue weighted by molar-refractivity contribution is 5.81. The number of aryl methyl sites for hydroxylation is 1. The molecule has 1 aromatic carbocycles. The molecule has 1 aliphatic rings. The van der Waals surface area contributed by atoms with E-state index in [4.69, 9.17) is 9.47 Å². The molecule has 3 atom stereocenters. The summed E-state index contributed by atoms with van der Waals surface area (Å²) in [5.41, 5.74) is 2.26. The summed E-state index contributed by atoms with van der Waals surface area (Å²) < 4.78 is 11.6. The molecular formula is C19H29NO3. The molecule has 128 valence electrons. The van der Waals surface area contributed by atoms with Crippen LogP contribution in [-0.2, 0) is 9.53 Å². The van der Waals surface area contributed by atoms with Crippen molar-refractivity contribution in [2.75, 3.05) is 6.61 Å². The van der Waals surface area contributed by atoms with Gasteiger partial charge in [-0.25, -0.2) is 0 Å². The molecule has 1 fully saturated rings. The maximum atomic E-state index is 12.4. The summed E-state index contributed by atoms with van der Waals surface area (Å²) in [4.78, 5) is 12.4. The fourth-order valence-electron chi connectivity index (χ4n) is 2.90. The highest BCUT2D eigenvalue weighted by Gasteiger charge is 2.26. The van der Waals surface area contributed by atoms with Crippen molar-refractivity contribution in [3.63, 3.8) is 0 Å². The van der Waals surface area contributed by atoms with Gasteiger partial charge in [0.15, 0.2) is 6.10 Å². The predicted octanol–water partition coefficient (Wildman–Crippen LogP) is 3.57. The van der Waals surface area contributed by atoms with E-state index in [-0.39, 0.29) is 18.1 Å². The summed E-state index contributed by atoms with van der Waals surface area (Å²) >= 11 is 0. The highest BCUT2D eigenvalue weighted by atomic mass is 16.5. The molecule has 1 aliphatic heterocycles. The second kappa shape index (κ2) is 7.82. The molecule has 0 aromatic heterocycles. The molecular weight excluding hydrogens is 290 g/mol. The Morgan fingerprint density at radius 2 is 2.04 bits per heavy atom. The highest BCUT2D eigenvalue weighted by Crippen LogP contribution is 2.28. The van der Waals surface area contributed by atoms with E-state index in [0.29, 0.717) is 5.92 Å². The van der Waals surface area contributed by atoms with Gasteiger partial charge in [0, 0.05) is 6.61 Å². The number of hydrogen-bond acceptors (Lipinski definition) is 3. The molecule has 1 heterocycles. The van der Waals surface area contributed by atoms with Gasteiger partial charge >= 0.3 is 0 Å². The summed E-state index contributed by atoms with van der Waals surface area (Å²) in [6.07, 6.45) is 1.67. The topological polar surface area (TPSA) is 47.6 Å². The Labute approximate surface area is 139 Å². The van der Waals surface area contributed by atoms with E-state index in [9.17, 15) is 4.79 Å². The zero-order valence-electron chi connectivity index (χ0n) is 14.9. The Hall–Kier alpha value is -1.55. The van der Waals surface area contributed by atoms with Crippen LogP contribution in [0.2, 0.25) is 0 Å². The molecule has 1 aromatic rings. The number of nitrogens with one attached hydrogen (secondary N) is 1. The lowest BCUT2D eigenvalue weighted by atomic mass is 10.0. The third-order valence-electron chi connectivity index (χ3n) is 4.36. The van der Waals surface area contributed by atoms with Crippen LogP contribution in [0.4, 0.5) is 0 Å². The van der Waals surface area contributed by atoms with Crippen molar-refractivity contribution in [1.82, 2.24) is 5.32 Å². The Bertz CT molecular complexity index is 535. The first kappa shape index (κ1) is 17.8. The van der Waals surface area contributed by atoms with Crippen LogP contribution in [0.5, 0.6) is 5.75 Å². The minimum absolute atomic E-state index is 0.0122. The van der Waals surface area contributed by atoms with E-state index in [2.05, 4.69) is 31.3 Å². The van der Waals surface area contributed by atoms with Gasteiger partial charge in [0.1, 0.15) is 5.75 Å². The molecule has 1 saturated heterocycles. The van der Waals surface area contributed by atoms with Gasteiger partial charge in [-0.1, -0.05) is 26.0 Å². The van der Waals surface area contributed by atoms with Gasteiger partial charge in [0.05, 0.1) is 12.1 Å². The zero-order chi connectivity index (χ0) is 17.0. The minimum Gasteiger partial charge on any atom is -0.481 e. The van der Waals surface area contributed by atoms with Gasteiger partial charge in [0.2, 0.25) is 0 Å². The summed E-state index contributed by atoms with van der Waals surface area (Å²) in [6.45, 7) is 10.9. The molecule has 1 amide bonds. The van der Waals surface area contributed by atoms with Crippen LogP contribution in [0.25, 0.3) is 0 Å². The smallest absolute Gasteiger partial charge is 0.261 e. The molecule has 1 N–H and O–H groups in total. The molecule has 0 radical (unpaired) electrons. The number of rotatable bonds is 6. The zero-order valence-corrected chi connectivity index (χ0v) is 14.9. The Morgan fingerprint density at radius 1 is 1.30 bits per heavy atom. The van der Waals surface area contributed by atoms with Crippen molar-refractivity contribution in [2.45, 2.75) is 71.6 Å². The number of carbonyl (C=O) groups is 1. The minimum atomic E-state index is -0.529. The van der Waals surface area contributed by atoms with Crippen molar-refractivity contribution >= 4 is 5.91 Å². The average molecular weight is 319 g/mol. The maximum Gasteiger partial charge on any atom is 0.261 e. The normalized spacial score (nSPS) is 20.3. The largest absolute Gasteiger partial charge is 0.481 e. The van der Waals surface area contributed by atoms with Gasteiger partial charge in [-0.05, 0) is 56.7 Å². The summed E-state index contributed by atoms with van der Waals surface area (Å²) in [6, 6.07) is 6.17. The van der Waals surface area contributed by atoms with Crippen molar-refractivity contribution in [2.24, 2.45) is 0 Å². The van der Waals surface area contributed by atoms with Crippen molar-refractivity contribution in [1.29, 1.82) is 0 Å². The van der Waals surface area contributed by atoms with Crippen molar-refractivity contribution in [3.05, 3.63) is 29.3 Å². The number of amides is 1. The molecule has 3 unspecified atom stereocenters. The third kappa shape index (κ3) is 4.71. The Morgan fingerprint density at radius 3 is 2.65 bits per heavy atom. The van der Waals surface area contributed by atoms with Gasteiger partial charge in [0.25, 0.3) is 5.91 Å². The fourth-order valence-corrected chi connectivity index (χ4v) is 2.90. The summed E-state index contributed by atoms with van der Waals surface area (Å²) in [5.74, 6) is 1.06. The molecule has 0 aliphatic carbocycles. The van der Waals surface area contributed by atoms with Crippen LogP contribution < -0.4 is 10.1 Å². The molecule has 0 spiro atoms. The standard InChI is InChI=1S/C19H29NO3/c1-12(2)16-9-8-13(3)11-18(16)23-15(5)19(21)20-14(4)17-7-6-10-22-17/h8-9,11-12,14-15,17H,6-7,10H2,1-5H3,(H,20,21). The van der Waals surface area contributed by atoms with Crippen LogP contribution in [0.1, 0.15) is 57.6 Å². The monoisotopic (exact) mass is 319 g/mol. The van der Waals surface area contributed by atoms with E-state index in [0.717, 1.165) is 36.3 Å². The first-order chi connectivity index (χ1) is 10.9. The van der Waals surface area contributed by atoms with Gasteiger partial charge in [-0.15, -0.1) is 0 Å². The van der Waals surface area contributed by atoms with Gasteiger partial charge in [-0.2, -0.15) is 0 Å². The van der Waals surface area contributed by atoms with Gasteiger partial charge in [-0.3, -0.25) is 4.79 Å². The van der Waals surface area contributed by atoms with E-state index in [1.54, 1.807) is 6.92 Å². The molecule has 4 nitrogen and oxygen atoms in total. The fraction of sp³-hybridized carbons (Fsp3) is 0.632. The number of benzene rings is 1. The first-order valence-electron chi connectivity index (χ1n) is 8.57. The Kier molecular flexibility index (Phi) is 6.05. The molecule has 0 saturated carbocycles. The molecule has 4 heteroatoms. The van der Waals surface area contributed by atoms with Crippen LogP contribution in [-0.4, -0.2) is 30.8 Å². The predicted molar refractivity (Wildman–Crippen MR) is 91.9 cm³/mol. The average Bonchev–Trinajstić information content (AvgIpc) is 3.01. The summed E-state index contributed by atoms with van der Waals surface area (Å²) in [5, 5.41) is 3.02. The quantitative estimate of drug-likeness (QED) is 0.872. The van der Waals surface area contributed by atoms with E-state index in [1.165, 1.54) is 0 Å². The van der Waals surface area contributed by atoms with Crippen LogP contribution >= 0.6 is 0 Å². The SMILES string of the molecule is Cc1ccc(C(C)C)c(OC(C)C(=O)NC(C)C2CCCO2)c1. The van der Waals surface area contributed by atoms with Crippen molar-refractivity contribution in [3.8, 4) is 5.75 Å². The van der Waals surface area contributed by atoms with Gasteiger partial charge < -0.3 is 14.8 Å². The lowest BCUT2D eigenvalue weighted by molar-refractivity contribution is -0.128. The second-order valence-electron chi connectivity index (χ2n) is 6.80. The van der Waals surface area contributed by atoms with Crippen LogP contribution in [0.3, 0.4) is 0 Å². The molecule has 0 bridgehead atoms. The van der Waals surface area contributed by atoms with Crippen molar-refractivity contribution < 1.29 is 14.3 Å². The van der Waals surface area contributed by atoms with E-state index >= 15 is 0 Å². The number of ether oxygens (including phenoxy) is 2. The van der Waals surface area contributed by atoms with E-state index < -0.39 is 6.10 Å². The lowest BCUT2D eigenvalue weighted by Crippen LogP contribution is -2.46. The Balaban J connectivity index is 1.99. The molecule has 2 rings (SSSR count).